The smallest absolute Gasteiger partial charge is 0.316 e. The molecule has 0 aromatic rings. The van der Waals surface area contributed by atoms with Crippen molar-refractivity contribution in [2.75, 3.05) is 26.7 Å². The van der Waals surface area contributed by atoms with E-state index < -0.39 is 12.6 Å². The van der Waals surface area contributed by atoms with Crippen LogP contribution in [0.15, 0.2) is 0 Å². The minimum Gasteiger partial charge on any atom is -0.316 e. The number of halogens is 3. The molecule has 1 unspecified atom stereocenters. The van der Waals surface area contributed by atoms with Crippen LogP contribution < -0.4 is 5.32 Å². The van der Waals surface area contributed by atoms with Gasteiger partial charge in [-0.3, -0.25) is 0 Å². The van der Waals surface area contributed by atoms with Gasteiger partial charge in [-0.15, -0.1) is 0 Å². The van der Waals surface area contributed by atoms with Crippen LogP contribution in [0.5, 0.6) is 0 Å². The highest BCUT2D eigenvalue weighted by Gasteiger charge is 2.27. The number of rotatable bonds is 4. The van der Waals surface area contributed by atoms with Gasteiger partial charge >= 0.3 is 6.18 Å². The van der Waals surface area contributed by atoms with E-state index >= 15 is 0 Å². The van der Waals surface area contributed by atoms with E-state index in [1.54, 1.807) is 0 Å². The Hall–Kier alpha value is -0.290. The summed E-state index contributed by atoms with van der Waals surface area (Å²) < 4.78 is 35.8. The number of alkyl halides is 3. The number of hydrogen-bond donors (Lipinski definition) is 1. The van der Waals surface area contributed by atoms with Crippen molar-refractivity contribution in [3.8, 4) is 0 Å². The molecule has 1 aliphatic heterocycles. The van der Waals surface area contributed by atoms with E-state index in [1.165, 1.54) is 0 Å². The van der Waals surface area contributed by atoms with E-state index in [-0.39, 0.29) is 6.42 Å². The summed E-state index contributed by atoms with van der Waals surface area (Å²) in [5.41, 5.74) is 0. The Balaban J connectivity index is 2.15. The van der Waals surface area contributed by atoms with Crippen LogP contribution >= 0.6 is 0 Å². The molecule has 0 bridgehead atoms. The molecule has 1 rings (SSSR count). The molecule has 1 N–H and O–H groups in total. The van der Waals surface area contributed by atoms with Gasteiger partial charge in [0.1, 0.15) is 0 Å². The monoisotopic (exact) mass is 224 g/mol. The minimum absolute atomic E-state index is 0.222. The lowest BCUT2D eigenvalue weighted by Gasteiger charge is -2.32. The molecule has 0 saturated carbocycles. The highest BCUT2D eigenvalue weighted by molar-refractivity contribution is 4.76. The Kier molecular flexibility index (Phi) is 4.86. The molecule has 1 atom stereocenters. The zero-order chi connectivity index (χ0) is 11.3. The highest BCUT2D eigenvalue weighted by Crippen LogP contribution is 2.22. The van der Waals surface area contributed by atoms with Gasteiger partial charge in [0, 0.05) is 19.0 Å². The van der Waals surface area contributed by atoms with E-state index in [1.807, 2.05) is 7.05 Å². The highest BCUT2D eigenvalue weighted by atomic mass is 19.4. The van der Waals surface area contributed by atoms with E-state index in [4.69, 9.17) is 0 Å². The maximum absolute atomic E-state index is 11.9. The van der Waals surface area contributed by atoms with Crippen LogP contribution in [0.4, 0.5) is 13.2 Å². The zero-order valence-electron chi connectivity index (χ0n) is 9.11. The molecule has 1 aliphatic rings. The van der Waals surface area contributed by atoms with Gasteiger partial charge in [0.25, 0.3) is 0 Å². The van der Waals surface area contributed by atoms with Gasteiger partial charge < -0.3 is 10.2 Å². The third-order valence-electron chi connectivity index (χ3n) is 2.85. The predicted octanol–water partition coefficient (Wildman–Crippen LogP) is 2.01. The molecule has 0 radical (unpaired) electrons. The first-order chi connectivity index (χ1) is 7.01. The molecule has 0 aromatic carbocycles. The number of piperidine rings is 1. The van der Waals surface area contributed by atoms with Crippen molar-refractivity contribution >= 4 is 0 Å². The lowest BCUT2D eigenvalue weighted by Crippen LogP contribution is -2.44. The second-order valence-corrected chi connectivity index (χ2v) is 4.15. The average Bonchev–Trinajstić information content (AvgIpc) is 2.16. The Bertz CT molecular complexity index is 182. The molecule has 0 amide bonds. The first-order valence-corrected chi connectivity index (χ1v) is 5.47. The molecule has 90 valence electrons. The topological polar surface area (TPSA) is 15.3 Å². The maximum atomic E-state index is 11.9. The molecule has 5 heteroatoms. The summed E-state index contributed by atoms with van der Waals surface area (Å²) in [5, 5.41) is 3.18. The van der Waals surface area contributed by atoms with Crippen molar-refractivity contribution < 1.29 is 13.2 Å². The standard InChI is InChI=1S/C10H19F3N2/c1-14-9-4-2-6-15(8-9)7-3-5-10(11,12)13/h9,14H,2-8H2,1H3. The first-order valence-electron chi connectivity index (χ1n) is 5.47. The third-order valence-corrected chi connectivity index (χ3v) is 2.85. The number of hydrogen-bond acceptors (Lipinski definition) is 2. The van der Waals surface area contributed by atoms with Crippen LogP contribution in [0.25, 0.3) is 0 Å². The maximum Gasteiger partial charge on any atom is 0.389 e. The number of nitrogens with one attached hydrogen (secondary N) is 1. The quantitative estimate of drug-likeness (QED) is 0.786. The van der Waals surface area contributed by atoms with Crippen molar-refractivity contribution in [1.29, 1.82) is 0 Å². The van der Waals surface area contributed by atoms with E-state index in [0.717, 1.165) is 25.9 Å². The fraction of sp³-hybridized carbons (Fsp3) is 1.00. The van der Waals surface area contributed by atoms with Crippen LogP contribution in [-0.2, 0) is 0 Å². The summed E-state index contributed by atoms with van der Waals surface area (Å²) in [4.78, 5) is 2.12. The third kappa shape index (κ3) is 5.37. The minimum atomic E-state index is -4.00. The fourth-order valence-corrected chi connectivity index (χ4v) is 2.00. The predicted molar refractivity (Wildman–Crippen MR) is 53.8 cm³/mol. The van der Waals surface area contributed by atoms with E-state index in [9.17, 15) is 13.2 Å². The average molecular weight is 224 g/mol. The molecule has 1 fully saturated rings. The van der Waals surface area contributed by atoms with Crippen molar-refractivity contribution in [2.24, 2.45) is 0 Å². The molecule has 0 spiro atoms. The van der Waals surface area contributed by atoms with E-state index in [2.05, 4.69) is 10.2 Å². The molecule has 0 aromatic heterocycles. The summed E-state index contributed by atoms with van der Waals surface area (Å²) in [6.45, 7) is 2.39. The second-order valence-electron chi connectivity index (χ2n) is 4.15. The van der Waals surface area contributed by atoms with Crippen LogP contribution in [-0.4, -0.2) is 43.8 Å². The summed E-state index contributed by atoms with van der Waals surface area (Å²) in [6, 6.07) is 0.449. The lowest BCUT2D eigenvalue weighted by molar-refractivity contribution is -0.136. The van der Waals surface area contributed by atoms with Crippen molar-refractivity contribution in [1.82, 2.24) is 10.2 Å². The summed E-state index contributed by atoms with van der Waals surface area (Å²) in [5.74, 6) is 0. The molecule has 2 nitrogen and oxygen atoms in total. The molecular formula is C10H19F3N2. The molecule has 15 heavy (non-hydrogen) atoms. The fourth-order valence-electron chi connectivity index (χ4n) is 2.00. The first kappa shape index (κ1) is 12.8. The SMILES string of the molecule is CNC1CCCN(CCCC(F)(F)F)C1. The van der Waals surface area contributed by atoms with Gasteiger partial charge in [-0.2, -0.15) is 13.2 Å². The van der Waals surface area contributed by atoms with Crippen LogP contribution in [0.3, 0.4) is 0 Å². The largest absolute Gasteiger partial charge is 0.389 e. The molecule has 1 saturated heterocycles. The number of likely N-dealkylation sites (N-methyl/N-ethyl adjacent to an activating group) is 1. The summed E-state index contributed by atoms with van der Waals surface area (Å²) >= 11 is 0. The molecule has 1 heterocycles. The van der Waals surface area contributed by atoms with Gasteiger partial charge in [0.2, 0.25) is 0 Å². The molecule has 0 aliphatic carbocycles. The van der Waals surface area contributed by atoms with Crippen LogP contribution in [0.2, 0.25) is 0 Å². The van der Waals surface area contributed by atoms with E-state index in [0.29, 0.717) is 12.6 Å². The Morgan fingerprint density at radius 2 is 2.13 bits per heavy atom. The van der Waals surface area contributed by atoms with Crippen molar-refractivity contribution in [3.63, 3.8) is 0 Å². The lowest BCUT2D eigenvalue weighted by atomic mass is 10.1. The van der Waals surface area contributed by atoms with Crippen molar-refractivity contribution in [2.45, 2.75) is 37.9 Å². The zero-order valence-corrected chi connectivity index (χ0v) is 9.11. The van der Waals surface area contributed by atoms with Gasteiger partial charge in [-0.05, 0) is 39.4 Å². The van der Waals surface area contributed by atoms with Gasteiger partial charge in [-0.25, -0.2) is 0 Å². The number of nitrogens with zero attached hydrogens (tertiary/aromatic N) is 1. The van der Waals surface area contributed by atoms with Crippen LogP contribution in [0.1, 0.15) is 25.7 Å². The van der Waals surface area contributed by atoms with Gasteiger partial charge in [0.05, 0.1) is 0 Å². The Morgan fingerprint density at radius 3 is 2.73 bits per heavy atom. The van der Waals surface area contributed by atoms with Crippen LogP contribution in [0, 0.1) is 0 Å². The summed E-state index contributed by atoms with van der Waals surface area (Å²) in [7, 11) is 1.91. The second kappa shape index (κ2) is 5.70. The normalized spacial score (nSPS) is 24.4. The van der Waals surface area contributed by atoms with Gasteiger partial charge in [-0.1, -0.05) is 0 Å². The Labute approximate surface area is 88.8 Å². The Morgan fingerprint density at radius 1 is 1.40 bits per heavy atom. The molecular weight excluding hydrogens is 205 g/mol. The van der Waals surface area contributed by atoms with Crippen molar-refractivity contribution in [3.05, 3.63) is 0 Å². The van der Waals surface area contributed by atoms with Gasteiger partial charge in [0.15, 0.2) is 0 Å². The summed E-state index contributed by atoms with van der Waals surface area (Å²) in [6.07, 6.45) is -2.23. The number of likely N-dealkylation sites (tertiary alicyclic amines) is 1.